The van der Waals surface area contributed by atoms with Gasteiger partial charge in [0.15, 0.2) is 0 Å². The van der Waals surface area contributed by atoms with Crippen LogP contribution in [-0.4, -0.2) is 0 Å². The van der Waals surface area contributed by atoms with Crippen LogP contribution in [0.1, 0.15) is 27.7 Å². The molecule has 0 bridgehead atoms. The maximum absolute atomic E-state index is 7.96. The van der Waals surface area contributed by atoms with Gasteiger partial charge in [0.25, 0.3) is 0 Å². The minimum Gasteiger partial charge on any atom is -0.456 e. The van der Waals surface area contributed by atoms with Crippen molar-refractivity contribution < 1.29 is 5.79 Å². The summed E-state index contributed by atoms with van der Waals surface area (Å²) in [7, 11) is 0. The Hall–Kier alpha value is -5.66. The number of para-hydroxylation sites is 1. The first-order valence-corrected chi connectivity index (χ1v) is 16.3. The molecule has 47 heavy (non-hydrogen) atoms. The summed E-state index contributed by atoms with van der Waals surface area (Å²) in [4.78, 5) is 0. The van der Waals surface area contributed by atoms with E-state index >= 15 is 0 Å². The zero-order valence-electron chi connectivity index (χ0n) is 27.8. The van der Waals surface area contributed by atoms with Crippen LogP contribution in [0.5, 0.6) is 0 Å². The minimum absolute atomic E-state index is 0.0370. The van der Waals surface area contributed by atoms with Gasteiger partial charge in [0.05, 0.1) is 1.37 Å². The van der Waals surface area contributed by atoms with Crippen LogP contribution in [0.4, 0.5) is 0 Å². The summed E-state index contributed by atoms with van der Waals surface area (Å²) in [5.41, 5.74) is 10.3. The quantitative estimate of drug-likeness (QED) is 0.183. The van der Waals surface area contributed by atoms with Gasteiger partial charge in [0.1, 0.15) is 11.2 Å². The Balaban J connectivity index is 1.27. The van der Waals surface area contributed by atoms with E-state index in [-0.39, 0.29) is 5.41 Å². The highest BCUT2D eigenvalue weighted by Gasteiger charge is 2.24. The predicted octanol–water partition coefficient (Wildman–Crippen LogP) is 13.3. The van der Waals surface area contributed by atoms with Crippen molar-refractivity contribution >= 4 is 54.3 Å². The lowest BCUT2D eigenvalue weighted by atomic mass is 9.84. The molecule has 0 spiro atoms. The second kappa shape index (κ2) is 10.4. The van der Waals surface area contributed by atoms with Gasteiger partial charge in [0.2, 0.25) is 0 Å². The summed E-state index contributed by atoms with van der Waals surface area (Å²) in [6, 6.07) is 52.6. The number of hydrogen-bond donors (Lipinski definition) is 0. The molecule has 0 unspecified atom stereocenters. The molecule has 0 saturated heterocycles. The number of benzene rings is 8. The van der Waals surface area contributed by atoms with Crippen LogP contribution >= 0.6 is 0 Å². The van der Waals surface area contributed by atoms with Crippen LogP contribution in [0.2, 0.25) is 0 Å². The van der Waals surface area contributed by atoms with E-state index in [9.17, 15) is 0 Å². The Kier molecular flexibility index (Phi) is 5.90. The minimum atomic E-state index is -0.0370. The molecule has 0 radical (unpaired) electrons. The molecule has 1 aromatic heterocycles. The molecular weight excluding hydrogens is 569 g/mol. The Morgan fingerprint density at radius 3 is 1.81 bits per heavy atom. The zero-order chi connectivity index (χ0) is 32.6. The molecule has 0 saturated carbocycles. The molecule has 1 heterocycles. The average Bonchev–Trinajstić information content (AvgIpc) is 3.49. The van der Waals surface area contributed by atoms with Crippen LogP contribution in [0.3, 0.4) is 0 Å². The highest BCUT2D eigenvalue weighted by atomic mass is 16.3. The van der Waals surface area contributed by atoms with Gasteiger partial charge in [-0.15, -0.1) is 0 Å². The third-order valence-corrected chi connectivity index (χ3v) is 9.72. The number of furan rings is 1. The monoisotopic (exact) mass is 603 g/mol. The van der Waals surface area contributed by atoms with Crippen LogP contribution < -0.4 is 0 Å². The first-order valence-electron chi connectivity index (χ1n) is 16.8. The molecular formula is C46H34O. The highest BCUT2D eigenvalue weighted by molar-refractivity contribution is 6.25. The van der Waals surface area contributed by atoms with Crippen molar-refractivity contribution in [1.82, 2.24) is 0 Å². The Morgan fingerprint density at radius 2 is 1.11 bits per heavy atom. The van der Waals surface area contributed by atoms with Gasteiger partial charge in [-0.3, -0.25) is 0 Å². The highest BCUT2D eigenvalue weighted by Crippen LogP contribution is 2.47. The lowest BCUT2D eigenvalue weighted by Gasteiger charge is -2.19. The number of fused-ring (bicyclic) bond motifs is 6. The maximum Gasteiger partial charge on any atom is 0.139 e. The topological polar surface area (TPSA) is 13.1 Å². The van der Waals surface area contributed by atoms with Gasteiger partial charge in [-0.2, -0.15) is 0 Å². The summed E-state index contributed by atoms with van der Waals surface area (Å²) in [5, 5.41) is 9.49. The van der Waals surface area contributed by atoms with Gasteiger partial charge >= 0.3 is 0 Å². The van der Waals surface area contributed by atoms with Gasteiger partial charge in [-0.1, -0.05) is 160 Å². The summed E-state index contributed by atoms with van der Waals surface area (Å²) in [6.45, 7) is 6.75. The van der Waals surface area contributed by atoms with Crippen molar-refractivity contribution in [1.29, 1.82) is 0 Å². The third-order valence-electron chi connectivity index (χ3n) is 9.72. The SMILES string of the molecule is [2H]c1ccc2cc(-c3ccc(-c4c5ccccc5c(-c5cccc6oc7c(C(C)(C)C)cccc7c56)c5ccccc45)cc3)ccc2c1. The molecule has 0 aliphatic heterocycles. The molecule has 9 rings (SSSR count). The van der Waals surface area contributed by atoms with Crippen molar-refractivity contribution in [2.75, 3.05) is 0 Å². The number of rotatable bonds is 3. The van der Waals surface area contributed by atoms with Gasteiger partial charge in [-0.25, -0.2) is 0 Å². The van der Waals surface area contributed by atoms with E-state index in [1.807, 2.05) is 18.2 Å². The lowest BCUT2D eigenvalue weighted by molar-refractivity contribution is 0.573. The van der Waals surface area contributed by atoms with Gasteiger partial charge in [0, 0.05) is 16.3 Å². The summed E-state index contributed by atoms with van der Waals surface area (Å²) in [5.74, 6) is 0. The normalized spacial score (nSPS) is 12.4. The molecule has 8 aromatic carbocycles. The molecule has 1 heteroatoms. The predicted molar refractivity (Wildman–Crippen MR) is 201 cm³/mol. The number of hydrogen-bond acceptors (Lipinski definition) is 1. The van der Waals surface area contributed by atoms with E-state index in [4.69, 9.17) is 5.79 Å². The lowest BCUT2D eigenvalue weighted by Crippen LogP contribution is -2.10. The van der Waals surface area contributed by atoms with Gasteiger partial charge in [-0.05, 0) is 83.2 Å². The summed E-state index contributed by atoms with van der Waals surface area (Å²) < 4.78 is 14.6. The van der Waals surface area contributed by atoms with E-state index < -0.39 is 0 Å². The summed E-state index contributed by atoms with van der Waals surface area (Å²) in [6.07, 6.45) is 0. The fraction of sp³-hybridized carbons (Fsp3) is 0.0870. The second-order valence-corrected chi connectivity index (χ2v) is 13.6. The molecule has 1 nitrogen and oxygen atoms in total. The molecule has 9 aromatic rings. The maximum atomic E-state index is 7.96. The van der Waals surface area contributed by atoms with E-state index in [2.05, 4.69) is 148 Å². The standard InChI is InChI=1S/C46H34O/c1-46(2,3)40-20-10-19-39-44-38(18-11-21-41(44)47-45(39)40)43-36-16-8-6-14-34(36)42(35-15-7-9-17-37(35)43)31-25-22-30(23-26-31)33-27-24-29-12-4-5-13-32(29)28-33/h4-28H,1-3H3/i4D. The Morgan fingerprint density at radius 1 is 0.489 bits per heavy atom. The first-order chi connectivity index (χ1) is 23.3. The summed E-state index contributed by atoms with van der Waals surface area (Å²) >= 11 is 0. The molecule has 0 N–H and O–H groups in total. The van der Waals surface area contributed by atoms with Crippen molar-refractivity contribution in [3.63, 3.8) is 0 Å². The van der Waals surface area contributed by atoms with E-state index in [0.29, 0.717) is 6.04 Å². The van der Waals surface area contributed by atoms with E-state index in [1.165, 1.54) is 65.9 Å². The smallest absolute Gasteiger partial charge is 0.139 e. The fourth-order valence-corrected chi connectivity index (χ4v) is 7.51. The molecule has 0 aliphatic carbocycles. The van der Waals surface area contributed by atoms with Crippen molar-refractivity contribution in [3.8, 4) is 33.4 Å². The fourth-order valence-electron chi connectivity index (χ4n) is 7.51. The second-order valence-electron chi connectivity index (χ2n) is 13.6. The van der Waals surface area contributed by atoms with Crippen LogP contribution in [0, 0.1) is 0 Å². The Labute approximate surface area is 276 Å². The third kappa shape index (κ3) is 4.38. The van der Waals surface area contributed by atoms with Gasteiger partial charge < -0.3 is 4.42 Å². The molecule has 0 atom stereocenters. The largest absolute Gasteiger partial charge is 0.456 e. The van der Waals surface area contributed by atoms with E-state index in [0.717, 1.165) is 27.3 Å². The van der Waals surface area contributed by atoms with Crippen LogP contribution in [-0.2, 0) is 5.41 Å². The van der Waals surface area contributed by atoms with Crippen LogP contribution in [0.25, 0.3) is 87.6 Å². The first kappa shape index (κ1) is 26.5. The Bertz CT molecular complexity index is 2650. The van der Waals surface area contributed by atoms with Crippen molar-refractivity contribution in [2.45, 2.75) is 26.2 Å². The molecule has 0 amide bonds. The molecule has 224 valence electrons. The van der Waals surface area contributed by atoms with Crippen LogP contribution in [0.15, 0.2) is 156 Å². The molecule has 0 aliphatic rings. The van der Waals surface area contributed by atoms with Crippen molar-refractivity contribution in [3.05, 3.63) is 157 Å². The zero-order valence-corrected chi connectivity index (χ0v) is 26.8. The average molecular weight is 604 g/mol. The van der Waals surface area contributed by atoms with Crippen molar-refractivity contribution in [2.24, 2.45) is 0 Å². The van der Waals surface area contributed by atoms with E-state index in [1.54, 1.807) is 0 Å². The molecule has 0 fully saturated rings.